The second-order valence-electron chi connectivity index (χ2n) is 22.3. The van der Waals surface area contributed by atoms with Gasteiger partial charge in [-0.2, -0.15) is 0 Å². The fourth-order valence-corrected chi connectivity index (χ4v) is 13.9. The second kappa shape index (κ2) is 18.2. The first kappa shape index (κ1) is 46.5. The predicted octanol–water partition coefficient (Wildman–Crippen LogP) is 23.3. The van der Waals surface area contributed by atoms with Gasteiger partial charge in [-0.1, -0.05) is 231 Å². The molecule has 0 atom stereocenters. The fourth-order valence-electron chi connectivity index (χ4n) is 13.9. The summed E-state index contributed by atoms with van der Waals surface area (Å²) < 4.78 is 14.8. The summed E-state index contributed by atoms with van der Waals surface area (Å²) in [4.78, 5) is 4.87. The first-order valence-corrected chi connectivity index (χ1v) is 28.8. The molecular weight excluding hydrogens is 1020 g/mol. The van der Waals surface area contributed by atoms with Crippen molar-refractivity contribution in [3.8, 4) is 22.3 Å². The topological polar surface area (TPSA) is 32.8 Å². The summed E-state index contributed by atoms with van der Waals surface area (Å²) in [5.74, 6) is 0. The molecule has 18 aromatic rings. The number of furan rings is 2. The number of nitrogens with zero attached hydrogens (tertiary/aromatic N) is 2. The number of para-hydroxylation sites is 2. The summed E-state index contributed by atoms with van der Waals surface area (Å²) in [7, 11) is 0. The van der Waals surface area contributed by atoms with Crippen molar-refractivity contribution in [3.63, 3.8) is 0 Å². The summed E-state index contributed by atoms with van der Waals surface area (Å²) in [5.41, 5.74) is 13.9. The third-order valence-corrected chi connectivity index (χ3v) is 17.7. The zero-order valence-electron chi connectivity index (χ0n) is 45.4. The van der Waals surface area contributed by atoms with Gasteiger partial charge in [0, 0.05) is 54.8 Å². The van der Waals surface area contributed by atoms with Crippen LogP contribution in [0.3, 0.4) is 0 Å². The Hall–Kier alpha value is -11.2. The first-order valence-electron chi connectivity index (χ1n) is 28.8. The second-order valence-corrected chi connectivity index (χ2v) is 22.3. The monoisotopic (exact) mass is 1070 g/mol. The van der Waals surface area contributed by atoms with E-state index in [4.69, 9.17) is 8.83 Å². The Labute approximate surface area is 482 Å². The molecule has 0 unspecified atom stereocenters. The number of rotatable bonds is 8. The van der Waals surface area contributed by atoms with Crippen LogP contribution in [0.4, 0.5) is 34.1 Å². The minimum Gasteiger partial charge on any atom is -0.453 e. The molecule has 84 heavy (non-hydrogen) atoms. The molecule has 4 nitrogen and oxygen atoms in total. The lowest BCUT2D eigenvalue weighted by Gasteiger charge is -2.29. The number of benzene rings is 16. The Bertz CT molecular complexity index is 5350. The van der Waals surface area contributed by atoms with Gasteiger partial charge in [0.25, 0.3) is 0 Å². The van der Waals surface area contributed by atoms with Crippen LogP contribution in [0.15, 0.2) is 300 Å². The van der Waals surface area contributed by atoms with Crippen molar-refractivity contribution >= 4 is 153 Å². The zero-order chi connectivity index (χ0) is 55.0. The maximum atomic E-state index is 7.41. The summed E-state index contributed by atoms with van der Waals surface area (Å²) >= 11 is 0. The van der Waals surface area contributed by atoms with Crippen LogP contribution >= 0.6 is 0 Å². The van der Waals surface area contributed by atoms with E-state index in [1.54, 1.807) is 0 Å². The Balaban J connectivity index is 0.901. The van der Waals surface area contributed by atoms with Gasteiger partial charge in [-0.25, -0.2) is 0 Å². The maximum Gasteiger partial charge on any atom is 0.159 e. The third kappa shape index (κ3) is 6.95. The number of anilines is 6. The standard InChI is InChI=1S/C80H48N2O2/c1-3-19-51(20-4-1)67-47-57-25-11-13-27-61(57)75-65-29-15-31-71(77(65)83-79(67)75)81(59-39-33-49-17-7-9-23-55(49)45-59)69-43-37-53-36-42-64-70(44-38-54-35-41-63(69)73(53)74(54)64)82(60-40-34-50-18-8-10-24-56(50)46-60)72-32-16-30-66-76-62-28-14-12-26-58(62)48-68(80(76)84-78(66)72)52-21-5-2-6-22-52/h1-48H. The van der Waals surface area contributed by atoms with E-state index in [9.17, 15) is 0 Å². The molecule has 0 radical (unpaired) electrons. The summed E-state index contributed by atoms with van der Waals surface area (Å²) in [6.45, 7) is 0. The highest BCUT2D eigenvalue weighted by Crippen LogP contribution is 2.53. The van der Waals surface area contributed by atoms with Crippen molar-refractivity contribution in [1.82, 2.24) is 0 Å². The van der Waals surface area contributed by atoms with Gasteiger partial charge >= 0.3 is 0 Å². The lowest BCUT2D eigenvalue weighted by Crippen LogP contribution is -2.12. The highest BCUT2D eigenvalue weighted by atomic mass is 16.3. The molecule has 0 spiro atoms. The fraction of sp³-hybridized carbons (Fsp3) is 0. The van der Waals surface area contributed by atoms with Gasteiger partial charge in [-0.05, 0) is 136 Å². The maximum absolute atomic E-state index is 7.41. The van der Waals surface area contributed by atoms with E-state index in [-0.39, 0.29) is 0 Å². The van der Waals surface area contributed by atoms with Crippen LogP contribution in [0, 0.1) is 0 Å². The summed E-state index contributed by atoms with van der Waals surface area (Å²) in [6.07, 6.45) is 0. The Morgan fingerprint density at radius 1 is 0.202 bits per heavy atom. The highest BCUT2D eigenvalue weighted by molar-refractivity contribution is 6.30. The van der Waals surface area contributed by atoms with Gasteiger partial charge in [-0.15, -0.1) is 0 Å². The van der Waals surface area contributed by atoms with E-state index in [1.807, 2.05) is 0 Å². The average Bonchev–Trinajstić information content (AvgIpc) is 3.50. The first-order chi connectivity index (χ1) is 41.7. The normalized spacial score (nSPS) is 12.0. The van der Waals surface area contributed by atoms with Gasteiger partial charge in [0.1, 0.15) is 11.2 Å². The molecule has 0 N–H and O–H groups in total. The van der Waals surface area contributed by atoms with Gasteiger partial charge in [0.2, 0.25) is 0 Å². The molecule has 16 aromatic carbocycles. The van der Waals surface area contributed by atoms with Crippen molar-refractivity contribution in [2.45, 2.75) is 0 Å². The predicted molar refractivity (Wildman–Crippen MR) is 355 cm³/mol. The SMILES string of the molecule is c1ccc(-c2cc3ccccc3c3c2oc2c(N(c4ccc5ccccc5c4)c4ccc5ccc6c(N(c7ccc8ccccc8c7)c7cccc8c7oc7c(-c9ccccc9)cc9ccccc9c78)ccc7ccc4c5c76)cccc23)cc1. The van der Waals surface area contributed by atoms with Crippen LogP contribution < -0.4 is 9.80 Å². The van der Waals surface area contributed by atoms with Crippen LogP contribution in [-0.2, 0) is 0 Å². The largest absolute Gasteiger partial charge is 0.453 e. The molecule has 0 fully saturated rings. The molecule has 18 rings (SSSR count). The van der Waals surface area contributed by atoms with Crippen molar-refractivity contribution in [1.29, 1.82) is 0 Å². The number of hydrogen-bond acceptors (Lipinski definition) is 4. The van der Waals surface area contributed by atoms with Crippen molar-refractivity contribution < 1.29 is 8.83 Å². The van der Waals surface area contributed by atoms with Crippen molar-refractivity contribution in [3.05, 3.63) is 291 Å². The molecule has 2 heterocycles. The summed E-state index contributed by atoms with van der Waals surface area (Å²) in [6, 6.07) is 106. The third-order valence-electron chi connectivity index (χ3n) is 17.7. The molecule has 0 amide bonds. The minimum atomic E-state index is 0.830. The molecule has 0 bridgehead atoms. The molecule has 2 aromatic heterocycles. The van der Waals surface area contributed by atoms with Crippen molar-refractivity contribution in [2.24, 2.45) is 0 Å². The van der Waals surface area contributed by atoms with Gasteiger partial charge in [0.05, 0.1) is 22.7 Å². The van der Waals surface area contributed by atoms with Crippen molar-refractivity contribution in [2.75, 3.05) is 9.80 Å². The van der Waals surface area contributed by atoms with E-state index >= 15 is 0 Å². The smallest absolute Gasteiger partial charge is 0.159 e. The molecule has 0 aliphatic rings. The Morgan fingerprint density at radius 3 is 1.02 bits per heavy atom. The number of fused-ring (bicyclic) bond motifs is 12. The zero-order valence-corrected chi connectivity index (χ0v) is 45.4. The van der Waals surface area contributed by atoms with E-state index in [1.165, 1.54) is 53.9 Å². The quantitative estimate of drug-likeness (QED) is 0.142. The van der Waals surface area contributed by atoms with Crippen LogP contribution in [-0.4, -0.2) is 0 Å². The van der Waals surface area contributed by atoms with Gasteiger partial charge < -0.3 is 18.6 Å². The van der Waals surface area contributed by atoms with Crippen LogP contribution in [0.25, 0.3) is 142 Å². The molecule has 390 valence electrons. The van der Waals surface area contributed by atoms with E-state index < -0.39 is 0 Å². The minimum absolute atomic E-state index is 0.830. The molecular formula is C80H48N2O2. The van der Waals surface area contributed by atoms with Crippen LogP contribution in [0.5, 0.6) is 0 Å². The van der Waals surface area contributed by atoms with Gasteiger partial charge in [0.15, 0.2) is 11.2 Å². The average molecular weight is 1070 g/mol. The highest BCUT2D eigenvalue weighted by Gasteiger charge is 2.28. The molecule has 0 aliphatic carbocycles. The summed E-state index contributed by atoms with van der Waals surface area (Å²) in [5, 5.41) is 20.7. The molecule has 4 heteroatoms. The van der Waals surface area contributed by atoms with E-state index in [0.29, 0.717) is 0 Å². The molecule has 0 aliphatic heterocycles. The number of hydrogen-bond donors (Lipinski definition) is 0. The molecule has 0 saturated heterocycles. The van der Waals surface area contributed by atoms with Crippen LogP contribution in [0.2, 0.25) is 0 Å². The van der Waals surface area contributed by atoms with Gasteiger partial charge in [-0.3, -0.25) is 0 Å². The lowest BCUT2D eigenvalue weighted by molar-refractivity contribution is 0.670. The lowest BCUT2D eigenvalue weighted by atomic mass is 9.91. The Kier molecular flexibility index (Phi) is 10.1. The molecule has 0 saturated carbocycles. The van der Waals surface area contributed by atoms with E-state index in [0.717, 1.165) is 122 Å². The Morgan fingerprint density at radius 2 is 0.571 bits per heavy atom. The van der Waals surface area contributed by atoms with Crippen LogP contribution in [0.1, 0.15) is 0 Å². The van der Waals surface area contributed by atoms with E-state index in [2.05, 4.69) is 301 Å².